The Labute approximate surface area is 140 Å². The van der Waals surface area contributed by atoms with E-state index in [1.165, 1.54) is 6.20 Å². The van der Waals surface area contributed by atoms with E-state index in [4.69, 9.17) is 19.9 Å². The lowest BCUT2D eigenvalue weighted by atomic mass is 10.2. The fourth-order valence-corrected chi connectivity index (χ4v) is 2.04. The van der Waals surface area contributed by atoms with E-state index in [1.54, 1.807) is 14.0 Å². The maximum atomic E-state index is 12.0. The number of esters is 1. The van der Waals surface area contributed by atoms with Gasteiger partial charge >= 0.3 is 5.97 Å². The summed E-state index contributed by atoms with van der Waals surface area (Å²) in [6, 6.07) is 7.30. The number of ether oxygens (including phenoxy) is 3. The van der Waals surface area contributed by atoms with Crippen molar-refractivity contribution >= 4 is 11.8 Å². The smallest absolute Gasteiger partial charge is 0.343 e. The molecule has 2 N–H and O–H groups in total. The second kappa shape index (κ2) is 8.26. The SMILES string of the molecule is COCC(C)Oc1ccc(COC(=O)c2cnc(C)nc2N)cc1. The van der Waals surface area contributed by atoms with E-state index in [1.807, 2.05) is 31.2 Å². The number of rotatable bonds is 7. The summed E-state index contributed by atoms with van der Waals surface area (Å²) < 4.78 is 15.9. The van der Waals surface area contributed by atoms with Crippen molar-refractivity contribution in [1.29, 1.82) is 0 Å². The van der Waals surface area contributed by atoms with Crippen LogP contribution in [-0.2, 0) is 16.1 Å². The average molecular weight is 331 g/mol. The fourth-order valence-electron chi connectivity index (χ4n) is 2.04. The van der Waals surface area contributed by atoms with Gasteiger partial charge in [-0.25, -0.2) is 14.8 Å². The third kappa shape index (κ3) is 4.92. The van der Waals surface area contributed by atoms with Crippen LogP contribution in [0.4, 0.5) is 5.82 Å². The maximum Gasteiger partial charge on any atom is 0.343 e. The van der Waals surface area contributed by atoms with Crippen molar-refractivity contribution in [3.63, 3.8) is 0 Å². The summed E-state index contributed by atoms with van der Waals surface area (Å²) in [7, 11) is 1.63. The van der Waals surface area contributed by atoms with Crippen LogP contribution < -0.4 is 10.5 Å². The van der Waals surface area contributed by atoms with Gasteiger partial charge in [0.15, 0.2) is 0 Å². The van der Waals surface area contributed by atoms with Crippen molar-refractivity contribution in [2.24, 2.45) is 0 Å². The Hall–Kier alpha value is -2.67. The van der Waals surface area contributed by atoms with Gasteiger partial charge in [-0.1, -0.05) is 12.1 Å². The van der Waals surface area contributed by atoms with Gasteiger partial charge in [0, 0.05) is 13.3 Å². The summed E-state index contributed by atoms with van der Waals surface area (Å²) >= 11 is 0. The summed E-state index contributed by atoms with van der Waals surface area (Å²) in [5.74, 6) is 0.790. The molecular weight excluding hydrogens is 310 g/mol. The van der Waals surface area contributed by atoms with Crippen LogP contribution >= 0.6 is 0 Å². The van der Waals surface area contributed by atoms with E-state index in [9.17, 15) is 4.79 Å². The number of hydrogen-bond donors (Lipinski definition) is 1. The van der Waals surface area contributed by atoms with Crippen molar-refractivity contribution in [2.75, 3.05) is 19.5 Å². The molecule has 1 aromatic heterocycles. The minimum atomic E-state index is -0.554. The molecule has 7 nitrogen and oxygen atoms in total. The van der Waals surface area contributed by atoms with Crippen molar-refractivity contribution in [3.05, 3.63) is 47.4 Å². The lowest BCUT2D eigenvalue weighted by molar-refractivity contribution is 0.0473. The van der Waals surface area contributed by atoms with E-state index in [-0.39, 0.29) is 24.1 Å². The molecule has 24 heavy (non-hydrogen) atoms. The Balaban J connectivity index is 1.91. The number of hydrogen-bond acceptors (Lipinski definition) is 7. The molecule has 1 unspecified atom stereocenters. The first kappa shape index (κ1) is 17.7. The first-order valence-electron chi connectivity index (χ1n) is 7.50. The van der Waals surface area contributed by atoms with Crippen molar-refractivity contribution in [2.45, 2.75) is 26.6 Å². The van der Waals surface area contributed by atoms with Gasteiger partial charge in [-0.2, -0.15) is 0 Å². The van der Waals surface area contributed by atoms with E-state index in [0.29, 0.717) is 12.4 Å². The van der Waals surface area contributed by atoms with E-state index in [0.717, 1.165) is 11.3 Å². The molecule has 2 aromatic rings. The predicted molar refractivity (Wildman–Crippen MR) is 88.7 cm³/mol. The molecule has 1 aromatic carbocycles. The predicted octanol–water partition coefficient (Wildman–Crippen LogP) is 2.14. The highest BCUT2D eigenvalue weighted by molar-refractivity contribution is 5.93. The minimum absolute atomic E-state index is 0.0387. The van der Waals surface area contributed by atoms with E-state index in [2.05, 4.69) is 9.97 Å². The second-order valence-corrected chi connectivity index (χ2v) is 5.32. The van der Waals surface area contributed by atoms with E-state index >= 15 is 0 Å². The zero-order valence-corrected chi connectivity index (χ0v) is 14.0. The van der Waals surface area contributed by atoms with Gasteiger partial charge in [0.25, 0.3) is 0 Å². The summed E-state index contributed by atoms with van der Waals surface area (Å²) in [6.07, 6.45) is 1.33. The molecule has 0 amide bonds. The van der Waals surface area contributed by atoms with Crippen LogP contribution in [0.5, 0.6) is 5.75 Å². The topological polar surface area (TPSA) is 96.6 Å². The lowest BCUT2D eigenvalue weighted by Gasteiger charge is -2.14. The van der Waals surface area contributed by atoms with Crippen LogP contribution in [-0.4, -0.2) is 35.8 Å². The number of carbonyl (C=O) groups is 1. The molecule has 0 bridgehead atoms. The Morgan fingerprint density at radius 1 is 1.29 bits per heavy atom. The highest BCUT2D eigenvalue weighted by Crippen LogP contribution is 2.16. The van der Waals surface area contributed by atoms with Crippen molar-refractivity contribution in [3.8, 4) is 5.75 Å². The van der Waals surface area contributed by atoms with Crippen LogP contribution in [0.2, 0.25) is 0 Å². The molecule has 1 heterocycles. The third-order valence-corrected chi connectivity index (χ3v) is 3.19. The van der Waals surface area contributed by atoms with Gasteiger partial charge in [-0.3, -0.25) is 0 Å². The number of aromatic nitrogens is 2. The fraction of sp³-hybridized carbons (Fsp3) is 0.353. The molecule has 0 aliphatic rings. The van der Waals surface area contributed by atoms with Crippen LogP contribution in [0.15, 0.2) is 30.5 Å². The van der Waals surface area contributed by atoms with Crippen LogP contribution in [0, 0.1) is 6.92 Å². The van der Waals surface area contributed by atoms with Crippen LogP contribution in [0.1, 0.15) is 28.7 Å². The van der Waals surface area contributed by atoms with E-state index < -0.39 is 5.97 Å². The van der Waals surface area contributed by atoms with Gasteiger partial charge in [0.2, 0.25) is 0 Å². The second-order valence-electron chi connectivity index (χ2n) is 5.32. The molecule has 0 fully saturated rings. The summed E-state index contributed by atoms with van der Waals surface area (Å²) in [4.78, 5) is 19.9. The number of methoxy groups -OCH3 is 1. The summed E-state index contributed by atoms with van der Waals surface area (Å²) in [5.41, 5.74) is 6.70. The molecule has 2 rings (SSSR count). The maximum absolute atomic E-state index is 12.0. The van der Waals surface area contributed by atoms with Gasteiger partial charge in [-0.15, -0.1) is 0 Å². The minimum Gasteiger partial charge on any atom is -0.488 e. The molecule has 0 aliphatic carbocycles. The largest absolute Gasteiger partial charge is 0.488 e. The quantitative estimate of drug-likeness (QED) is 0.776. The zero-order valence-electron chi connectivity index (χ0n) is 14.0. The molecule has 0 saturated carbocycles. The molecular formula is C17H21N3O4. The number of aryl methyl sites for hydroxylation is 1. The number of nitrogens with two attached hydrogens (primary N) is 1. The number of carbonyl (C=O) groups excluding carboxylic acids is 1. The van der Waals surface area contributed by atoms with Crippen molar-refractivity contribution in [1.82, 2.24) is 9.97 Å². The molecule has 1 atom stereocenters. The first-order valence-corrected chi connectivity index (χ1v) is 7.50. The van der Waals surface area contributed by atoms with Crippen LogP contribution in [0.25, 0.3) is 0 Å². The third-order valence-electron chi connectivity index (χ3n) is 3.19. The van der Waals surface area contributed by atoms with Gasteiger partial charge in [0.05, 0.1) is 6.61 Å². The zero-order chi connectivity index (χ0) is 17.5. The van der Waals surface area contributed by atoms with Crippen LogP contribution in [0.3, 0.4) is 0 Å². The molecule has 0 saturated heterocycles. The number of benzene rings is 1. The number of nitrogen functional groups attached to an aromatic ring is 1. The monoisotopic (exact) mass is 331 g/mol. The summed E-state index contributed by atoms with van der Waals surface area (Å²) in [6.45, 7) is 4.26. The number of nitrogens with zero attached hydrogens (tertiary/aromatic N) is 2. The van der Waals surface area contributed by atoms with Gasteiger partial charge < -0.3 is 19.9 Å². The average Bonchev–Trinajstić information content (AvgIpc) is 2.54. The molecule has 128 valence electrons. The standard InChI is InChI=1S/C17H21N3O4/c1-11(9-22-3)24-14-6-4-13(5-7-14)10-23-17(21)15-8-19-12(2)20-16(15)18/h4-8,11H,9-10H2,1-3H3,(H2,18,19,20). The molecule has 0 radical (unpaired) electrons. The molecule has 7 heteroatoms. The first-order chi connectivity index (χ1) is 11.5. The number of anilines is 1. The van der Waals surface area contributed by atoms with Gasteiger partial charge in [-0.05, 0) is 31.5 Å². The Kier molecular flexibility index (Phi) is 6.08. The Morgan fingerprint density at radius 3 is 2.62 bits per heavy atom. The Bertz CT molecular complexity index is 689. The van der Waals surface area contributed by atoms with Crippen molar-refractivity contribution < 1.29 is 19.0 Å². The lowest BCUT2D eigenvalue weighted by Crippen LogP contribution is -2.17. The van der Waals surface area contributed by atoms with Gasteiger partial charge in [0.1, 0.15) is 35.7 Å². The molecule has 0 aliphatic heterocycles. The molecule has 0 spiro atoms. The Morgan fingerprint density at radius 2 is 2.00 bits per heavy atom. The highest BCUT2D eigenvalue weighted by atomic mass is 16.5. The summed E-state index contributed by atoms with van der Waals surface area (Å²) in [5, 5.41) is 0. The highest BCUT2D eigenvalue weighted by Gasteiger charge is 2.13. The normalized spacial score (nSPS) is 11.8.